The summed E-state index contributed by atoms with van der Waals surface area (Å²) in [6.07, 6.45) is 2.13. The van der Waals surface area contributed by atoms with E-state index >= 15 is 0 Å². The van der Waals surface area contributed by atoms with Crippen LogP contribution in [0.1, 0.15) is 5.56 Å². The van der Waals surface area contributed by atoms with Gasteiger partial charge in [-0.1, -0.05) is 24.3 Å². The van der Waals surface area contributed by atoms with Crippen molar-refractivity contribution in [1.29, 1.82) is 0 Å². The lowest BCUT2D eigenvalue weighted by Gasteiger charge is -2.22. The summed E-state index contributed by atoms with van der Waals surface area (Å²) in [6.45, 7) is 2.19. The molecule has 0 bridgehead atoms. The van der Waals surface area contributed by atoms with Gasteiger partial charge in [0.1, 0.15) is 29.5 Å². The predicted molar refractivity (Wildman–Crippen MR) is 118 cm³/mol. The molecule has 0 aliphatic carbocycles. The highest BCUT2D eigenvalue weighted by Gasteiger charge is 2.32. The molecule has 0 saturated heterocycles. The zero-order valence-electron chi connectivity index (χ0n) is 15.9. The summed E-state index contributed by atoms with van der Waals surface area (Å²) in [6, 6.07) is 17.1. The van der Waals surface area contributed by atoms with Crippen molar-refractivity contribution in [2.45, 2.75) is 6.92 Å². The van der Waals surface area contributed by atoms with Crippen LogP contribution in [0.5, 0.6) is 11.5 Å². The molecule has 0 radical (unpaired) electrons. The van der Waals surface area contributed by atoms with E-state index in [1.165, 1.54) is 22.0 Å². The Hall–Kier alpha value is -3.37. The number of ether oxygens (including phenoxy) is 1. The fourth-order valence-corrected chi connectivity index (χ4v) is 5.61. The van der Waals surface area contributed by atoms with E-state index in [1.54, 1.807) is 11.3 Å². The minimum absolute atomic E-state index is 0.898. The Bertz CT molecular complexity index is 1650. The molecule has 1 aliphatic heterocycles. The molecule has 7 rings (SSSR count). The van der Waals surface area contributed by atoms with Gasteiger partial charge < -0.3 is 9.15 Å². The topological polar surface area (TPSA) is 26.2 Å². The average molecular weight is 394 g/mol. The van der Waals surface area contributed by atoms with Crippen molar-refractivity contribution in [2.24, 2.45) is 7.05 Å². The molecular weight excluding hydrogens is 378 g/mol. The van der Waals surface area contributed by atoms with E-state index < -0.39 is 0 Å². The second-order valence-electron chi connectivity index (χ2n) is 7.74. The minimum Gasteiger partial charge on any atom is -0.455 e. The van der Waals surface area contributed by atoms with Gasteiger partial charge in [-0.3, -0.25) is 0 Å². The van der Waals surface area contributed by atoms with Crippen LogP contribution in [0.15, 0.2) is 64.5 Å². The summed E-state index contributed by atoms with van der Waals surface area (Å²) in [5.74, 6) is 1.82. The third-order valence-electron chi connectivity index (χ3n) is 6.18. The molecule has 0 fully saturated rings. The van der Waals surface area contributed by atoms with Gasteiger partial charge in [0, 0.05) is 22.2 Å². The van der Waals surface area contributed by atoms with E-state index in [4.69, 9.17) is 9.15 Å². The Kier molecular flexibility index (Phi) is 2.76. The molecule has 0 atom stereocenters. The van der Waals surface area contributed by atoms with E-state index in [2.05, 4.69) is 78.6 Å². The lowest BCUT2D eigenvalue weighted by Crippen LogP contribution is -2.31. The molecule has 3 aromatic heterocycles. The minimum atomic E-state index is 0.898. The maximum Gasteiger partial charge on any atom is 0.228 e. The fraction of sp³-hybridized carbons (Fsp3) is 0.0800. The zero-order chi connectivity index (χ0) is 19.3. The van der Waals surface area contributed by atoms with Crippen LogP contribution in [-0.4, -0.2) is 0 Å². The van der Waals surface area contributed by atoms with Crippen molar-refractivity contribution in [2.75, 3.05) is 0 Å². The van der Waals surface area contributed by atoms with Crippen LogP contribution in [0.2, 0.25) is 0 Å². The van der Waals surface area contributed by atoms with E-state index in [0.717, 1.165) is 49.1 Å². The van der Waals surface area contributed by atoms with E-state index in [-0.39, 0.29) is 0 Å². The lowest BCUT2D eigenvalue weighted by molar-refractivity contribution is -0.659. The molecule has 4 heterocycles. The monoisotopic (exact) mass is 394 g/mol. The molecule has 6 aromatic rings. The number of fused-ring (bicyclic) bond motifs is 7. The van der Waals surface area contributed by atoms with Crippen LogP contribution in [0.4, 0.5) is 0 Å². The molecule has 0 N–H and O–H groups in total. The maximum absolute atomic E-state index is 6.54. The summed E-state index contributed by atoms with van der Waals surface area (Å²) >= 11 is 1.64. The van der Waals surface area contributed by atoms with Gasteiger partial charge in [0.25, 0.3) is 0 Å². The van der Waals surface area contributed by atoms with Crippen molar-refractivity contribution in [1.82, 2.24) is 0 Å². The molecule has 0 spiro atoms. The van der Waals surface area contributed by atoms with Crippen molar-refractivity contribution < 1.29 is 13.7 Å². The maximum atomic E-state index is 6.54. The standard InChI is InChI=1S/C25H16NO2S/c1-13-15-6-4-3-5-14(15)11-19-21(13)23-22-17(7-9-26(23)2)24-18(12-20(22)27-19)16-8-10-29-25(16)28-24/h3-12H,1-2H3/q+1. The number of hydrogen-bond donors (Lipinski definition) is 0. The first-order valence-corrected chi connectivity index (χ1v) is 10.5. The van der Waals surface area contributed by atoms with Gasteiger partial charge in [0.15, 0.2) is 11.1 Å². The Labute approximate surface area is 170 Å². The largest absolute Gasteiger partial charge is 0.455 e. The number of hydrogen-bond acceptors (Lipinski definition) is 3. The van der Waals surface area contributed by atoms with Crippen molar-refractivity contribution >= 4 is 54.1 Å². The third-order valence-corrected chi connectivity index (χ3v) is 6.97. The van der Waals surface area contributed by atoms with Crippen molar-refractivity contribution in [3.63, 3.8) is 0 Å². The van der Waals surface area contributed by atoms with Crippen LogP contribution in [0, 0.1) is 6.92 Å². The molecule has 138 valence electrons. The fourth-order valence-electron chi connectivity index (χ4n) is 4.85. The van der Waals surface area contributed by atoms with Gasteiger partial charge in [-0.15, -0.1) is 11.3 Å². The quantitative estimate of drug-likeness (QED) is 0.263. The lowest BCUT2D eigenvalue weighted by atomic mass is 9.91. The Morgan fingerprint density at radius 2 is 1.79 bits per heavy atom. The van der Waals surface area contributed by atoms with Crippen LogP contribution in [0.25, 0.3) is 54.1 Å². The van der Waals surface area contributed by atoms with Crippen LogP contribution in [-0.2, 0) is 7.05 Å². The first-order valence-electron chi connectivity index (χ1n) is 9.66. The number of thiophene rings is 1. The van der Waals surface area contributed by atoms with E-state index in [1.807, 2.05) is 0 Å². The van der Waals surface area contributed by atoms with Crippen molar-refractivity contribution in [3.05, 3.63) is 65.7 Å². The molecule has 1 aliphatic rings. The molecule has 0 unspecified atom stereocenters. The second-order valence-corrected chi connectivity index (χ2v) is 8.62. The summed E-state index contributed by atoms with van der Waals surface area (Å²) in [7, 11) is 2.10. The summed E-state index contributed by atoms with van der Waals surface area (Å²) in [5.41, 5.74) is 4.53. The van der Waals surface area contributed by atoms with Gasteiger partial charge in [0.05, 0.1) is 5.56 Å². The average Bonchev–Trinajstić information content (AvgIpc) is 3.32. The molecule has 0 amide bonds. The molecule has 3 aromatic carbocycles. The number of aryl methyl sites for hydroxylation is 2. The smallest absolute Gasteiger partial charge is 0.228 e. The number of nitrogens with zero attached hydrogens (tertiary/aromatic N) is 1. The first-order chi connectivity index (χ1) is 14.2. The second kappa shape index (κ2) is 5.16. The highest BCUT2D eigenvalue weighted by Crippen LogP contribution is 2.51. The molecule has 3 nitrogen and oxygen atoms in total. The predicted octanol–water partition coefficient (Wildman–Crippen LogP) is 6.86. The first kappa shape index (κ1) is 15.5. The van der Waals surface area contributed by atoms with Crippen LogP contribution in [0.3, 0.4) is 0 Å². The third kappa shape index (κ3) is 1.85. The number of pyridine rings is 1. The molecular formula is C25H16NO2S+. The van der Waals surface area contributed by atoms with Gasteiger partial charge in [0.2, 0.25) is 5.69 Å². The van der Waals surface area contributed by atoms with Gasteiger partial charge in [-0.05, 0) is 46.8 Å². The number of aromatic nitrogens is 1. The number of furan rings is 1. The van der Waals surface area contributed by atoms with E-state index in [9.17, 15) is 0 Å². The molecule has 4 heteroatoms. The summed E-state index contributed by atoms with van der Waals surface area (Å²) in [5, 5.41) is 9.03. The summed E-state index contributed by atoms with van der Waals surface area (Å²) < 4.78 is 15.0. The van der Waals surface area contributed by atoms with E-state index in [0.29, 0.717) is 0 Å². The van der Waals surface area contributed by atoms with Gasteiger partial charge >= 0.3 is 0 Å². The highest BCUT2D eigenvalue weighted by molar-refractivity contribution is 7.16. The van der Waals surface area contributed by atoms with Gasteiger partial charge in [-0.2, -0.15) is 0 Å². The van der Waals surface area contributed by atoms with Crippen LogP contribution >= 0.6 is 11.3 Å². The highest BCUT2D eigenvalue weighted by atomic mass is 32.1. The number of benzene rings is 3. The Balaban J connectivity index is 1.71. The zero-order valence-corrected chi connectivity index (χ0v) is 16.8. The molecule has 0 saturated carbocycles. The Morgan fingerprint density at radius 1 is 0.897 bits per heavy atom. The van der Waals surface area contributed by atoms with Crippen LogP contribution < -0.4 is 9.30 Å². The Morgan fingerprint density at radius 3 is 2.72 bits per heavy atom. The van der Waals surface area contributed by atoms with Crippen molar-refractivity contribution in [3.8, 4) is 22.8 Å². The SMILES string of the molecule is Cc1c2c(cc3ccccc13)Oc1cc3c4ccsc4oc3c3cc[n+](C)c-2c13. The summed E-state index contributed by atoms with van der Waals surface area (Å²) in [4.78, 5) is 0.965. The van der Waals surface area contributed by atoms with Gasteiger partial charge in [-0.25, -0.2) is 4.57 Å². The normalized spacial score (nSPS) is 12.8. The number of rotatable bonds is 0. The molecule has 29 heavy (non-hydrogen) atoms.